The number of aliphatic hydroxyl groups excluding tert-OH is 1. The van der Waals surface area contributed by atoms with Gasteiger partial charge in [-0.2, -0.15) is 5.26 Å². The lowest BCUT2D eigenvalue weighted by atomic mass is 9.93. The Bertz CT molecular complexity index is 1090. The maximum absolute atomic E-state index is 12.8. The van der Waals surface area contributed by atoms with E-state index in [-0.39, 0.29) is 12.5 Å². The van der Waals surface area contributed by atoms with E-state index in [1.807, 2.05) is 48.2 Å². The molecule has 7 nitrogen and oxygen atoms in total. The average molecular weight is 390 g/mol. The van der Waals surface area contributed by atoms with Crippen molar-refractivity contribution in [1.82, 2.24) is 10.3 Å². The number of pyridine rings is 1. The zero-order valence-electron chi connectivity index (χ0n) is 16.1. The lowest BCUT2D eigenvalue weighted by Crippen LogP contribution is -2.50. The molecule has 0 radical (unpaired) electrons. The van der Waals surface area contributed by atoms with Crippen LogP contribution in [0.3, 0.4) is 0 Å². The first-order valence-corrected chi connectivity index (χ1v) is 9.61. The number of aryl methyl sites for hydroxylation is 1. The Kier molecular flexibility index (Phi) is 5.19. The number of piperidine rings is 1. The maximum atomic E-state index is 12.8. The second-order valence-corrected chi connectivity index (χ2v) is 7.27. The van der Waals surface area contributed by atoms with Crippen molar-refractivity contribution in [3.8, 4) is 6.07 Å². The molecule has 4 rings (SSSR count). The fraction of sp³-hybridized carbons (Fsp3) is 0.318. The van der Waals surface area contributed by atoms with Crippen molar-refractivity contribution >= 4 is 22.7 Å². The van der Waals surface area contributed by atoms with Crippen molar-refractivity contribution < 1.29 is 14.3 Å². The third-order valence-electron chi connectivity index (χ3n) is 5.45. The number of furan rings is 1. The lowest BCUT2D eigenvalue weighted by molar-refractivity contribution is -0.129. The minimum absolute atomic E-state index is 0.224. The summed E-state index contributed by atoms with van der Waals surface area (Å²) in [7, 11) is 0. The molecular weight excluding hydrogens is 368 g/mol. The van der Waals surface area contributed by atoms with Crippen molar-refractivity contribution in [3.63, 3.8) is 0 Å². The summed E-state index contributed by atoms with van der Waals surface area (Å²) in [6, 6.07) is 15.0. The molecule has 0 saturated carbocycles. The van der Waals surface area contributed by atoms with Gasteiger partial charge in [-0.1, -0.05) is 24.3 Å². The van der Waals surface area contributed by atoms with Gasteiger partial charge in [0, 0.05) is 24.0 Å². The van der Waals surface area contributed by atoms with E-state index in [1.165, 1.54) is 0 Å². The number of anilines is 1. The van der Waals surface area contributed by atoms with Gasteiger partial charge in [-0.15, -0.1) is 0 Å². The Labute approximate surface area is 168 Å². The number of rotatable bonds is 4. The SMILES string of the molecule is Cc1c(CNC(=O)[C@H]2CN(c3cccc(C#N)n3)CC[C@H]2O)oc2ccccc12. The fourth-order valence-electron chi connectivity index (χ4n) is 3.76. The molecule has 1 amide bonds. The molecule has 0 aliphatic carbocycles. The Morgan fingerprint density at radius 3 is 2.97 bits per heavy atom. The minimum Gasteiger partial charge on any atom is -0.459 e. The van der Waals surface area contributed by atoms with Crippen LogP contribution in [0.1, 0.15) is 23.4 Å². The van der Waals surface area contributed by atoms with Gasteiger partial charge in [-0.25, -0.2) is 4.98 Å². The molecule has 0 unspecified atom stereocenters. The van der Waals surface area contributed by atoms with Gasteiger partial charge in [-0.3, -0.25) is 4.79 Å². The monoisotopic (exact) mass is 390 g/mol. The molecule has 1 saturated heterocycles. The van der Waals surface area contributed by atoms with Gasteiger partial charge in [0.15, 0.2) is 0 Å². The number of aliphatic hydroxyl groups is 1. The zero-order valence-corrected chi connectivity index (χ0v) is 16.1. The number of hydrogen-bond donors (Lipinski definition) is 2. The van der Waals surface area contributed by atoms with E-state index in [1.54, 1.807) is 12.1 Å². The van der Waals surface area contributed by atoms with Crippen LogP contribution in [0, 0.1) is 24.2 Å². The Morgan fingerprint density at radius 2 is 2.17 bits per heavy atom. The summed E-state index contributed by atoms with van der Waals surface area (Å²) in [6.07, 6.45) is -0.262. The summed E-state index contributed by atoms with van der Waals surface area (Å²) >= 11 is 0. The summed E-state index contributed by atoms with van der Waals surface area (Å²) in [6.45, 7) is 3.16. The predicted octanol–water partition coefficient (Wildman–Crippen LogP) is 2.51. The summed E-state index contributed by atoms with van der Waals surface area (Å²) in [4.78, 5) is 19.0. The van der Waals surface area contributed by atoms with E-state index in [0.717, 1.165) is 16.5 Å². The molecule has 0 spiro atoms. The predicted molar refractivity (Wildman–Crippen MR) is 108 cm³/mol. The zero-order chi connectivity index (χ0) is 20.4. The van der Waals surface area contributed by atoms with Gasteiger partial charge in [-0.05, 0) is 31.5 Å². The van der Waals surface area contributed by atoms with Gasteiger partial charge in [0.05, 0.1) is 18.6 Å². The number of hydrogen-bond acceptors (Lipinski definition) is 6. The van der Waals surface area contributed by atoms with Gasteiger partial charge in [0.2, 0.25) is 5.91 Å². The molecule has 2 atom stereocenters. The van der Waals surface area contributed by atoms with Crippen LogP contribution in [0.15, 0.2) is 46.9 Å². The maximum Gasteiger partial charge on any atom is 0.227 e. The molecule has 3 heterocycles. The Balaban J connectivity index is 1.45. The topological polar surface area (TPSA) is 102 Å². The molecule has 0 bridgehead atoms. The Hall–Kier alpha value is -3.37. The van der Waals surface area contributed by atoms with Crippen molar-refractivity contribution in [3.05, 3.63) is 59.5 Å². The number of carbonyl (C=O) groups is 1. The summed E-state index contributed by atoms with van der Waals surface area (Å²) in [5, 5.41) is 23.4. The lowest BCUT2D eigenvalue weighted by Gasteiger charge is -2.36. The molecule has 1 aromatic carbocycles. The first-order valence-electron chi connectivity index (χ1n) is 9.61. The largest absolute Gasteiger partial charge is 0.459 e. The van der Waals surface area contributed by atoms with Crippen LogP contribution in [-0.4, -0.2) is 35.2 Å². The smallest absolute Gasteiger partial charge is 0.227 e. The van der Waals surface area contributed by atoms with Gasteiger partial charge < -0.3 is 19.7 Å². The first kappa shape index (κ1) is 19.0. The third kappa shape index (κ3) is 3.80. The van der Waals surface area contributed by atoms with Crippen LogP contribution >= 0.6 is 0 Å². The van der Waals surface area contributed by atoms with Gasteiger partial charge >= 0.3 is 0 Å². The number of fused-ring (bicyclic) bond motifs is 1. The van der Waals surface area contributed by atoms with Crippen LogP contribution in [0.5, 0.6) is 0 Å². The second kappa shape index (κ2) is 7.94. The standard InChI is InChI=1S/C22H22N4O3/c1-14-16-6-2-3-7-19(16)29-20(14)12-24-22(28)17-13-26(10-9-18(17)27)21-8-4-5-15(11-23)25-21/h2-8,17-18,27H,9-10,12-13H2,1H3,(H,24,28)/t17-,18+/m0/s1. The first-order chi connectivity index (χ1) is 14.1. The van der Waals surface area contributed by atoms with E-state index in [2.05, 4.69) is 10.3 Å². The number of para-hydroxylation sites is 1. The highest BCUT2D eigenvalue weighted by atomic mass is 16.3. The molecular formula is C22H22N4O3. The number of nitriles is 1. The number of benzene rings is 1. The third-order valence-corrected chi connectivity index (χ3v) is 5.45. The molecule has 1 aliphatic rings. The van der Waals surface area contributed by atoms with Crippen LogP contribution in [-0.2, 0) is 11.3 Å². The van der Waals surface area contributed by atoms with E-state index < -0.39 is 12.0 Å². The average Bonchev–Trinajstić information content (AvgIpc) is 3.08. The summed E-state index contributed by atoms with van der Waals surface area (Å²) in [5.74, 6) is 0.548. The van der Waals surface area contributed by atoms with E-state index in [9.17, 15) is 9.90 Å². The number of amides is 1. The van der Waals surface area contributed by atoms with Crippen molar-refractivity contribution in [2.75, 3.05) is 18.0 Å². The van der Waals surface area contributed by atoms with Gasteiger partial charge in [0.25, 0.3) is 0 Å². The number of carbonyl (C=O) groups excluding carboxylic acids is 1. The van der Waals surface area contributed by atoms with Crippen LogP contribution in [0.4, 0.5) is 5.82 Å². The second-order valence-electron chi connectivity index (χ2n) is 7.27. The molecule has 3 aromatic rings. The molecule has 1 aliphatic heterocycles. The van der Waals surface area contributed by atoms with Crippen molar-refractivity contribution in [1.29, 1.82) is 5.26 Å². The fourth-order valence-corrected chi connectivity index (χ4v) is 3.76. The number of nitrogens with zero attached hydrogens (tertiary/aromatic N) is 3. The van der Waals surface area contributed by atoms with E-state index in [4.69, 9.17) is 9.68 Å². The Morgan fingerprint density at radius 1 is 1.34 bits per heavy atom. The highest BCUT2D eigenvalue weighted by molar-refractivity contribution is 5.83. The van der Waals surface area contributed by atoms with Crippen LogP contribution in [0.2, 0.25) is 0 Å². The van der Waals surface area contributed by atoms with Crippen LogP contribution < -0.4 is 10.2 Å². The minimum atomic E-state index is -0.720. The molecule has 29 heavy (non-hydrogen) atoms. The highest BCUT2D eigenvalue weighted by Crippen LogP contribution is 2.26. The van der Waals surface area contributed by atoms with Crippen molar-refractivity contribution in [2.45, 2.75) is 26.0 Å². The van der Waals surface area contributed by atoms with E-state index in [0.29, 0.717) is 36.8 Å². The molecule has 1 fully saturated rings. The van der Waals surface area contributed by atoms with Crippen LogP contribution in [0.25, 0.3) is 11.0 Å². The van der Waals surface area contributed by atoms with E-state index >= 15 is 0 Å². The highest BCUT2D eigenvalue weighted by Gasteiger charge is 2.34. The summed E-state index contributed by atoms with van der Waals surface area (Å²) < 4.78 is 5.85. The normalized spacial score (nSPS) is 19.1. The summed E-state index contributed by atoms with van der Waals surface area (Å²) in [5.41, 5.74) is 2.13. The number of aromatic nitrogens is 1. The quantitative estimate of drug-likeness (QED) is 0.710. The molecule has 2 N–H and O–H groups in total. The molecule has 2 aromatic heterocycles. The molecule has 148 valence electrons. The van der Waals surface area contributed by atoms with Gasteiger partial charge in [0.1, 0.15) is 28.9 Å². The molecule has 7 heteroatoms. The van der Waals surface area contributed by atoms with Crippen molar-refractivity contribution in [2.24, 2.45) is 5.92 Å². The number of nitrogens with one attached hydrogen (secondary N) is 1.